The third kappa shape index (κ3) is 8.09. The second kappa shape index (κ2) is 9.88. The van der Waals surface area contributed by atoms with Crippen molar-refractivity contribution in [3.8, 4) is 0 Å². The Morgan fingerprint density at radius 1 is 1.15 bits per heavy atom. The van der Waals surface area contributed by atoms with Crippen molar-refractivity contribution in [2.75, 3.05) is 18.5 Å². The molecule has 0 aromatic heterocycles. The van der Waals surface area contributed by atoms with Crippen molar-refractivity contribution in [1.29, 1.82) is 0 Å². The predicted octanol–water partition coefficient (Wildman–Crippen LogP) is 3.99. The van der Waals surface area contributed by atoms with Gasteiger partial charge in [0.1, 0.15) is 0 Å². The molecule has 0 saturated heterocycles. The molecule has 1 unspecified atom stereocenters. The molecule has 0 aliphatic rings. The highest BCUT2D eigenvalue weighted by Crippen LogP contribution is 2.29. The summed E-state index contributed by atoms with van der Waals surface area (Å²) in [5.41, 5.74) is -0.562. The average Bonchev–Trinajstić information content (AvgIpc) is 2.52. The fourth-order valence-corrected chi connectivity index (χ4v) is 2.24. The fourth-order valence-electron chi connectivity index (χ4n) is 2.24. The Kier molecular flexibility index (Phi) is 8.21. The molecule has 0 aliphatic carbocycles. The third-order valence-corrected chi connectivity index (χ3v) is 3.33. The van der Waals surface area contributed by atoms with Crippen molar-refractivity contribution in [1.82, 2.24) is 10.6 Å². The Labute approximate surface area is 150 Å². The zero-order chi connectivity index (χ0) is 19.7. The summed E-state index contributed by atoms with van der Waals surface area (Å²) in [6, 6.07) is 3.21. The number of amides is 3. The van der Waals surface area contributed by atoms with Crippen LogP contribution in [0.25, 0.3) is 0 Å². The summed E-state index contributed by atoms with van der Waals surface area (Å²) in [5, 5.41) is 7.70. The van der Waals surface area contributed by atoms with E-state index in [2.05, 4.69) is 16.0 Å². The summed E-state index contributed by atoms with van der Waals surface area (Å²) in [4.78, 5) is 23.4. The smallest absolute Gasteiger partial charge is 0.416 e. The zero-order valence-electron chi connectivity index (χ0n) is 14.9. The summed E-state index contributed by atoms with van der Waals surface area (Å²) < 4.78 is 42.4. The van der Waals surface area contributed by atoms with Gasteiger partial charge in [-0.05, 0) is 43.5 Å². The molecule has 1 atom stereocenters. The normalized spacial score (nSPS) is 12.4. The summed E-state index contributed by atoms with van der Waals surface area (Å²) in [6.07, 6.45) is -4.37. The van der Waals surface area contributed by atoms with Crippen LogP contribution in [0.5, 0.6) is 0 Å². The molecule has 26 heavy (non-hydrogen) atoms. The van der Waals surface area contributed by atoms with E-state index in [1.807, 2.05) is 13.8 Å². The Morgan fingerprint density at radius 2 is 1.77 bits per heavy atom. The van der Waals surface area contributed by atoms with E-state index >= 15 is 0 Å². The Balaban J connectivity index is 2.55. The SMILES string of the molecule is CCOC(=O)NC(CNC(=O)Nc1ccc(C(F)(F)F)cc1)CC(C)C. The number of rotatable bonds is 7. The van der Waals surface area contributed by atoms with Gasteiger partial charge in [-0.25, -0.2) is 9.59 Å². The van der Waals surface area contributed by atoms with Gasteiger partial charge in [0, 0.05) is 18.3 Å². The second-order valence-corrected chi connectivity index (χ2v) is 6.10. The molecule has 1 rings (SSSR count). The van der Waals surface area contributed by atoms with Crippen molar-refractivity contribution in [3.05, 3.63) is 29.8 Å². The fraction of sp³-hybridized carbons (Fsp3) is 0.529. The lowest BCUT2D eigenvalue weighted by Gasteiger charge is -2.21. The first kappa shape index (κ1) is 21.6. The summed E-state index contributed by atoms with van der Waals surface area (Å²) in [7, 11) is 0. The van der Waals surface area contributed by atoms with E-state index in [0.29, 0.717) is 6.42 Å². The van der Waals surface area contributed by atoms with Crippen molar-refractivity contribution in [2.45, 2.75) is 39.4 Å². The first-order chi connectivity index (χ1) is 12.1. The molecular formula is C17H24F3N3O3. The Bertz CT molecular complexity index is 589. The molecule has 0 saturated carbocycles. The minimum absolute atomic E-state index is 0.156. The highest BCUT2D eigenvalue weighted by molar-refractivity contribution is 5.89. The van der Waals surface area contributed by atoms with Gasteiger partial charge in [-0.15, -0.1) is 0 Å². The van der Waals surface area contributed by atoms with Gasteiger partial charge in [-0.2, -0.15) is 13.2 Å². The highest BCUT2D eigenvalue weighted by atomic mass is 19.4. The molecule has 0 bridgehead atoms. The van der Waals surface area contributed by atoms with Crippen LogP contribution in [-0.2, 0) is 10.9 Å². The average molecular weight is 375 g/mol. The molecule has 1 aromatic carbocycles. The summed E-state index contributed by atoms with van der Waals surface area (Å²) >= 11 is 0. The summed E-state index contributed by atoms with van der Waals surface area (Å²) in [5.74, 6) is 0.279. The zero-order valence-corrected chi connectivity index (χ0v) is 14.9. The number of alkyl halides is 3. The molecule has 3 amide bonds. The standard InChI is InChI=1S/C17H24F3N3O3/c1-4-26-16(25)23-14(9-11(2)3)10-21-15(24)22-13-7-5-12(6-8-13)17(18,19)20/h5-8,11,14H,4,9-10H2,1-3H3,(H,23,25)(H2,21,22,24). The quantitative estimate of drug-likeness (QED) is 0.674. The van der Waals surface area contributed by atoms with E-state index in [1.165, 1.54) is 12.1 Å². The molecule has 0 radical (unpaired) electrons. The molecule has 146 valence electrons. The number of hydrogen-bond acceptors (Lipinski definition) is 3. The van der Waals surface area contributed by atoms with Gasteiger partial charge in [0.15, 0.2) is 0 Å². The van der Waals surface area contributed by atoms with Crippen LogP contribution in [0.2, 0.25) is 0 Å². The number of ether oxygens (including phenoxy) is 1. The van der Waals surface area contributed by atoms with Crippen LogP contribution >= 0.6 is 0 Å². The Morgan fingerprint density at radius 3 is 2.27 bits per heavy atom. The van der Waals surface area contributed by atoms with Crippen LogP contribution in [0, 0.1) is 5.92 Å². The van der Waals surface area contributed by atoms with Gasteiger partial charge in [0.25, 0.3) is 0 Å². The lowest BCUT2D eigenvalue weighted by Crippen LogP contribution is -2.45. The van der Waals surface area contributed by atoms with Crippen LogP contribution in [0.4, 0.5) is 28.4 Å². The number of hydrogen-bond donors (Lipinski definition) is 3. The predicted molar refractivity (Wildman–Crippen MR) is 91.9 cm³/mol. The van der Waals surface area contributed by atoms with Crippen molar-refractivity contribution >= 4 is 17.8 Å². The minimum Gasteiger partial charge on any atom is -0.450 e. The van der Waals surface area contributed by atoms with Crippen LogP contribution in [0.1, 0.15) is 32.8 Å². The van der Waals surface area contributed by atoms with Crippen molar-refractivity contribution in [3.63, 3.8) is 0 Å². The minimum atomic E-state index is -4.43. The molecule has 1 aromatic rings. The monoisotopic (exact) mass is 375 g/mol. The molecule has 9 heteroatoms. The molecule has 6 nitrogen and oxygen atoms in total. The van der Waals surface area contributed by atoms with Gasteiger partial charge in [-0.1, -0.05) is 13.8 Å². The first-order valence-corrected chi connectivity index (χ1v) is 8.27. The molecule has 0 aliphatic heterocycles. The number of urea groups is 1. The van der Waals surface area contributed by atoms with E-state index in [1.54, 1.807) is 6.92 Å². The van der Waals surface area contributed by atoms with E-state index in [-0.39, 0.29) is 30.8 Å². The van der Waals surface area contributed by atoms with Gasteiger partial charge in [-0.3, -0.25) is 0 Å². The van der Waals surface area contributed by atoms with Crippen molar-refractivity contribution < 1.29 is 27.5 Å². The topological polar surface area (TPSA) is 79.5 Å². The van der Waals surface area contributed by atoms with Crippen LogP contribution < -0.4 is 16.0 Å². The number of carbonyl (C=O) groups excluding carboxylic acids is 2. The number of nitrogens with one attached hydrogen (secondary N) is 3. The Hall–Kier alpha value is -2.45. The van der Waals surface area contributed by atoms with Gasteiger partial charge < -0.3 is 20.7 Å². The second-order valence-electron chi connectivity index (χ2n) is 6.10. The maximum Gasteiger partial charge on any atom is 0.416 e. The van der Waals surface area contributed by atoms with Gasteiger partial charge in [0.2, 0.25) is 0 Å². The number of benzene rings is 1. The molecule has 0 fully saturated rings. The van der Waals surface area contributed by atoms with Crippen LogP contribution in [-0.4, -0.2) is 31.3 Å². The van der Waals surface area contributed by atoms with Gasteiger partial charge in [0.05, 0.1) is 12.2 Å². The van der Waals surface area contributed by atoms with Gasteiger partial charge >= 0.3 is 18.3 Å². The molecule has 3 N–H and O–H groups in total. The number of alkyl carbamates (subject to hydrolysis) is 1. The first-order valence-electron chi connectivity index (χ1n) is 8.27. The lowest BCUT2D eigenvalue weighted by atomic mass is 10.0. The molecular weight excluding hydrogens is 351 g/mol. The van der Waals surface area contributed by atoms with Crippen LogP contribution in [0.3, 0.4) is 0 Å². The number of carbonyl (C=O) groups is 2. The lowest BCUT2D eigenvalue weighted by molar-refractivity contribution is -0.137. The van der Waals surface area contributed by atoms with Crippen molar-refractivity contribution in [2.24, 2.45) is 5.92 Å². The maximum absolute atomic E-state index is 12.5. The molecule has 0 spiro atoms. The van der Waals surface area contributed by atoms with E-state index in [0.717, 1.165) is 12.1 Å². The molecule has 0 heterocycles. The van der Waals surface area contributed by atoms with E-state index in [9.17, 15) is 22.8 Å². The largest absolute Gasteiger partial charge is 0.450 e. The highest BCUT2D eigenvalue weighted by Gasteiger charge is 2.30. The number of anilines is 1. The summed E-state index contributed by atoms with van der Waals surface area (Å²) in [6.45, 7) is 6.03. The van der Waals surface area contributed by atoms with E-state index in [4.69, 9.17) is 4.74 Å². The maximum atomic E-state index is 12.5. The number of halogens is 3. The third-order valence-electron chi connectivity index (χ3n) is 3.33. The van der Waals surface area contributed by atoms with Crippen LogP contribution in [0.15, 0.2) is 24.3 Å². The van der Waals surface area contributed by atoms with E-state index < -0.39 is 23.9 Å².